The van der Waals surface area contributed by atoms with E-state index in [0.717, 1.165) is 10.5 Å². The Hall–Kier alpha value is -2.62. The van der Waals surface area contributed by atoms with Gasteiger partial charge in [0.05, 0.1) is 12.1 Å². The highest BCUT2D eigenvalue weighted by atomic mass is 16.6. The number of ether oxygens (including phenoxy) is 1. The minimum Gasteiger partial charge on any atom is -0.410 e. The van der Waals surface area contributed by atoms with Gasteiger partial charge in [-0.15, -0.1) is 0 Å². The van der Waals surface area contributed by atoms with Crippen molar-refractivity contribution in [3.8, 4) is 5.75 Å². The van der Waals surface area contributed by atoms with Crippen molar-refractivity contribution in [3.05, 3.63) is 60.2 Å². The van der Waals surface area contributed by atoms with E-state index >= 15 is 0 Å². The van der Waals surface area contributed by atoms with Gasteiger partial charge in [0.25, 0.3) is 0 Å². The van der Waals surface area contributed by atoms with Crippen molar-refractivity contribution >= 4 is 17.7 Å². The van der Waals surface area contributed by atoms with Crippen molar-refractivity contribution in [2.75, 3.05) is 4.90 Å². The van der Waals surface area contributed by atoms with Crippen LogP contribution in [-0.2, 0) is 11.2 Å². The molecule has 0 atom stereocenters. The zero-order chi connectivity index (χ0) is 13.2. The molecular formula is C15H11NO3. The van der Waals surface area contributed by atoms with Gasteiger partial charge in [-0.25, -0.2) is 9.69 Å². The second-order valence-corrected chi connectivity index (χ2v) is 4.22. The number of carbonyl (C=O) groups excluding carboxylic acids is 2. The lowest BCUT2D eigenvalue weighted by Crippen LogP contribution is -2.36. The first-order valence-corrected chi connectivity index (χ1v) is 5.93. The monoisotopic (exact) mass is 253 g/mol. The van der Waals surface area contributed by atoms with Gasteiger partial charge in [-0.2, -0.15) is 0 Å². The number of fused-ring (bicyclic) bond motifs is 1. The molecule has 0 aliphatic carbocycles. The topological polar surface area (TPSA) is 46.6 Å². The highest BCUT2D eigenvalue weighted by Gasteiger charge is 2.33. The summed E-state index contributed by atoms with van der Waals surface area (Å²) in [6.07, 6.45) is -0.429. The Bertz CT molecular complexity index is 637. The molecule has 0 saturated heterocycles. The van der Waals surface area contributed by atoms with Crippen molar-refractivity contribution in [2.45, 2.75) is 6.42 Å². The summed E-state index contributed by atoms with van der Waals surface area (Å²) in [7, 11) is 0. The van der Waals surface area contributed by atoms with Crippen molar-refractivity contribution in [1.29, 1.82) is 0 Å². The van der Waals surface area contributed by atoms with Gasteiger partial charge in [0.2, 0.25) is 5.91 Å². The predicted octanol–water partition coefficient (Wildman–Crippen LogP) is 2.77. The van der Waals surface area contributed by atoms with Gasteiger partial charge in [0.15, 0.2) is 0 Å². The van der Waals surface area contributed by atoms with Crippen molar-refractivity contribution < 1.29 is 14.3 Å². The molecule has 0 fully saturated rings. The van der Waals surface area contributed by atoms with E-state index in [-0.39, 0.29) is 12.3 Å². The summed E-state index contributed by atoms with van der Waals surface area (Å²) in [6, 6.07) is 15.9. The first kappa shape index (κ1) is 11.5. The van der Waals surface area contributed by atoms with Crippen LogP contribution in [-0.4, -0.2) is 12.0 Å². The summed E-state index contributed by atoms with van der Waals surface area (Å²) in [5, 5.41) is 0. The van der Waals surface area contributed by atoms with Crippen LogP contribution in [0, 0.1) is 0 Å². The molecule has 0 aromatic heterocycles. The second kappa shape index (κ2) is 4.57. The maximum Gasteiger partial charge on any atom is 0.426 e. The number of amides is 2. The predicted molar refractivity (Wildman–Crippen MR) is 70.1 cm³/mol. The van der Waals surface area contributed by atoms with E-state index in [1.807, 2.05) is 18.2 Å². The summed E-state index contributed by atoms with van der Waals surface area (Å²) in [6.45, 7) is 0. The summed E-state index contributed by atoms with van der Waals surface area (Å²) < 4.78 is 5.19. The third-order valence-corrected chi connectivity index (χ3v) is 2.95. The molecule has 0 radical (unpaired) electrons. The third-order valence-electron chi connectivity index (χ3n) is 2.95. The average molecular weight is 253 g/mol. The van der Waals surface area contributed by atoms with E-state index < -0.39 is 6.09 Å². The molecule has 3 rings (SSSR count). The van der Waals surface area contributed by atoms with E-state index in [0.29, 0.717) is 11.4 Å². The number of rotatable bonds is 1. The Morgan fingerprint density at radius 3 is 2.47 bits per heavy atom. The quantitative estimate of drug-likeness (QED) is 0.785. The molecule has 0 spiro atoms. The molecule has 2 aromatic rings. The normalized spacial score (nSPS) is 13.3. The fraction of sp³-hybridized carbons (Fsp3) is 0.0667. The van der Waals surface area contributed by atoms with Crippen molar-refractivity contribution in [3.63, 3.8) is 0 Å². The minimum absolute atomic E-state index is 0.236. The Morgan fingerprint density at radius 1 is 1.00 bits per heavy atom. The Balaban J connectivity index is 1.86. The van der Waals surface area contributed by atoms with E-state index in [2.05, 4.69) is 0 Å². The van der Waals surface area contributed by atoms with Gasteiger partial charge >= 0.3 is 6.09 Å². The molecule has 1 heterocycles. The fourth-order valence-electron chi connectivity index (χ4n) is 2.09. The molecule has 4 nitrogen and oxygen atoms in total. The number of para-hydroxylation sites is 2. The second-order valence-electron chi connectivity index (χ2n) is 4.22. The first-order valence-electron chi connectivity index (χ1n) is 5.93. The highest BCUT2D eigenvalue weighted by molar-refractivity contribution is 6.17. The van der Waals surface area contributed by atoms with E-state index in [1.165, 1.54) is 0 Å². The number of hydrogen-bond acceptors (Lipinski definition) is 3. The molecule has 94 valence electrons. The molecule has 4 heteroatoms. The Kier molecular flexibility index (Phi) is 2.76. The molecule has 19 heavy (non-hydrogen) atoms. The van der Waals surface area contributed by atoms with E-state index in [1.54, 1.807) is 36.4 Å². The van der Waals surface area contributed by atoms with Crippen LogP contribution in [0.1, 0.15) is 5.56 Å². The molecular weight excluding hydrogens is 242 g/mol. The molecule has 0 saturated carbocycles. The zero-order valence-corrected chi connectivity index (χ0v) is 10.1. The first-order chi connectivity index (χ1) is 9.25. The molecule has 2 aromatic carbocycles. The van der Waals surface area contributed by atoms with Crippen LogP contribution >= 0.6 is 0 Å². The lowest BCUT2D eigenvalue weighted by atomic mass is 10.2. The Labute approximate surface area is 110 Å². The van der Waals surface area contributed by atoms with Crippen LogP contribution in [0.25, 0.3) is 0 Å². The van der Waals surface area contributed by atoms with Gasteiger partial charge in [-0.1, -0.05) is 36.4 Å². The molecule has 1 aliphatic rings. The molecule has 1 aliphatic heterocycles. The molecule has 2 amide bonds. The summed E-state index contributed by atoms with van der Waals surface area (Å²) >= 11 is 0. The maximum atomic E-state index is 12.1. The number of hydrogen-bond donors (Lipinski definition) is 0. The SMILES string of the molecule is O=C1Cc2ccccc2N1C(=O)Oc1ccccc1. The largest absolute Gasteiger partial charge is 0.426 e. The van der Waals surface area contributed by atoms with Crippen LogP contribution in [0.2, 0.25) is 0 Å². The van der Waals surface area contributed by atoms with Gasteiger partial charge in [0, 0.05) is 0 Å². The Morgan fingerprint density at radius 2 is 1.68 bits per heavy atom. The van der Waals surface area contributed by atoms with Crippen LogP contribution in [0.4, 0.5) is 10.5 Å². The molecule has 0 bridgehead atoms. The van der Waals surface area contributed by atoms with Crippen molar-refractivity contribution in [2.24, 2.45) is 0 Å². The standard InChI is InChI=1S/C15H11NO3/c17-14-10-11-6-4-5-9-13(11)16(14)15(18)19-12-7-2-1-3-8-12/h1-9H,10H2. The third kappa shape index (κ3) is 2.08. The molecule has 0 unspecified atom stereocenters. The lowest BCUT2D eigenvalue weighted by molar-refractivity contribution is -0.116. The van der Waals surface area contributed by atoms with Crippen molar-refractivity contribution in [1.82, 2.24) is 0 Å². The lowest BCUT2D eigenvalue weighted by Gasteiger charge is -2.14. The highest BCUT2D eigenvalue weighted by Crippen LogP contribution is 2.29. The van der Waals surface area contributed by atoms with Crippen LogP contribution in [0.3, 0.4) is 0 Å². The minimum atomic E-state index is -0.666. The van der Waals surface area contributed by atoms with E-state index in [9.17, 15) is 9.59 Å². The fourth-order valence-corrected chi connectivity index (χ4v) is 2.09. The van der Waals surface area contributed by atoms with Gasteiger partial charge in [0.1, 0.15) is 5.75 Å². The summed E-state index contributed by atoms with van der Waals surface area (Å²) in [5.74, 6) is 0.159. The average Bonchev–Trinajstić information content (AvgIpc) is 2.75. The zero-order valence-electron chi connectivity index (χ0n) is 10.1. The summed E-state index contributed by atoms with van der Waals surface area (Å²) in [5.41, 5.74) is 1.45. The van der Waals surface area contributed by atoms with E-state index in [4.69, 9.17) is 4.74 Å². The summed E-state index contributed by atoms with van der Waals surface area (Å²) in [4.78, 5) is 25.0. The van der Waals surface area contributed by atoms with Gasteiger partial charge in [-0.3, -0.25) is 4.79 Å². The number of carbonyl (C=O) groups is 2. The smallest absolute Gasteiger partial charge is 0.410 e. The van der Waals surface area contributed by atoms with Gasteiger partial charge in [-0.05, 0) is 23.8 Å². The number of benzene rings is 2. The number of anilines is 1. The van der Waals surface area contributed by atoms with Crippen LogP contribution in [0.5, 0.6) is 5.75 Å². The number of nitrogens with zero attached hydrogens (tertiary/aromatic N) is 1. The number of imide groups is 1. The maximum absolute atomic E-state index is 12.1. The van der Waals surface area contributed by atoms with Crippen LogP contribution < -0.4 is 9.64 Å². The van der Waals surface area contributed by atoms with Gasteiger partial charge < -0.3 is 4.74 Å². The molecule has 0 N–H and O–H groups in total. The van der Waals surface area contributed by atoms with Crippen LogP contribution in [0.15, 0.2) is 54.6 Å².